The Morgan fingerprint density at radius 2 is 0.732 bits per heavy atom. The number of hydrogen-bond donors (Lipinski definition) is 0. The third-order valence-corrected chi connectivity index (χ3v) is 12.5. The van der Waals surface area contributed by atoms with Crippen molar-refractivity contribution in [2.75, 3.05) is 4.90 Å². The molecule has 0 aliphatic heterocycles. The Morgan fingerprint density at radius 3 is 1.36 bits per heavy atom. The molecule has 0 unspecified atom stereocenters. The predicted molar refractivity (Wildman–Crippen MR) is 237 cm³/mol. The van der Waals surface area contributed by atoms with Gasteiger partial charge in [-0.3, -0.25) is 0 Å². The standard InChI is InChI=1S/C55H45N/c1-36-12-11-15-44(32-36)56(43-26-22-40(23-27-43)42-24-29-47-46-16-9-10-17-50(46)54(2,3)51(47)33-42)45-28-31-49-48-30-25-41(34-52(48)55(4,5)53(49)35-45)39-20-18-38(19-21-39)37-13-7-6-8-14-37/h6-35H,1-5H3. The van der Waals surface area contributed by atoms with Crippen molar-refractivity contribution in [2.24, 2.45) is 0 Å². The van der Waals surface area contributed by atoms with Crippen LogP contribution in [0.1, 0.15) is 55.5 Å². The Kier molecular flexibility index (Phi) is 7.80. The maximum Gasteiger partial charge on any atom is 0.0465 e. The van der Waals surface area contributed by atoms with Crippen molar-refractivity contribution in [1.82, 2.24) is 0 Å². The van der Waals surface area contributed by atoms with Gasteiger partial charge in [-0.05, 0) is 139 Å². The van der Waals surface area contributed by atoms with Gasteiger partial charge < -0.3 is 4.90 Å². The smallest absolute Gasteiger partial charge is 0.0465 e. The van der Waals surface area contributed by atoms with E-state index in [9.17, 15) is 0 Å². The Balaban J connectivity index is 0.993. The molecule has 8 aromatic rings. The normalized spacial score (nSPS) is 14.1. The van der Waals surface area contributed by atoms with Crippen molar-refractivity contribution in [3.05, 3.63) is 210 Å². The number of fused-ring (bicyclic) bond motifs is 6. The summed E-state index contributed by atoms with van der Waals surface area (Å²) < 4.78 is 0. The average molecular weight is 720 g/mol. The molecule has 0 saturated heterocycles. The van der Waals surface area contributed by atoms with Crippen molar-refractivity contribution in [2.45, 2.75) is 45.4 Å². The summed E-state index contributed by atoms with van der Waals surface area (Å²) in [5.41, 5.74) is 22.9. The van der Waals surface area contributed by atoms with Gasteiger partial charge in [0.25, 0.3) is 0 Å². The van der Waals surface area contributed by atoms with Gasteiger partial charge in [-0.2, -0.15) is 0 Å². The van der Waals surface area contributed by atoms with Gasteiger partial charge in [0.15, 0.2) is 0 Å². The van der Waals surface area contributed by atoms with Crippen LogP contribution in [-0.4, -0.2) is 0 Å². The molecule has 2 aliphatic carbocycles. The maximum absolute atomic E-state index is 2.43. The fraction of sp³-hybridized carbons (Fsp3) is 0.127. The average Bonchev–Trinajstić information content (AvgIpc) is 3.60. The second kappa shape index (κ2) is 12.8. The molecule has 0 atom stereocenters. The van der Waals surface area contributed by atoms with Crippen LogP contribution in [0.25, 0.3) is 55.6 Å². The molecular weight excluding hydrogens is 675 g/mol. The number of benzene rings is 8. The summed E-state index contributed by atoms with van der Waals surface area (Å²) in [5, 5.41) is 0. The van der Waals surface area contributed by atoms with E-state index in [2.05, 4.69) is 222 Å². The van der Waals surface area contributed by atoms with Crippen LogP contribution in [0.15, 0.2) is 182 Å². The SMILES string of the molecule is Cc1cccc(N(c2ccc(-c3ccc4c(c3)C(C)(C)c3ccccc3-4)cc2)c2ccc3c(c2)C(C)(C)c2cc(-c4ccc(-c5ccccc5)cc4)ccc2-3)c1. The zero-order chi connectivity index (χ0) is 38.2. The summed E-state index contributed by atoms with van der Waals surface area (Å²) in [6.45, 7) is 11.6. The number of nitrogens with zero attached hydrogens (tertiary/aromatic N) is 1. The first-order valence-electron chi connectivity index (χ1n) is 19.8. The summed E-state index contributed by atoms with van der Waals surface area (Å²) in [7, 11) is 0. The molecule has 0 bridgehead atoms. The first kappa shape index (κ1) is 34.1. The van der Waals surface area contributed by atoms with E-state index < -0.39 is 0 Å². The van der Waals surface area contributed by atoms with Crippen LogP contribution in [-0.2, 0) is 10.8 Å². The van der Waals surface area contributed by atoms with E-state index in [-0.39, 0.29) is 10.8 Å². The Bertz CT molecular complexity index is 2780. The third kappa shape index (κ3) is 5.45. The summed E-state index contributed by atoms with van der Waals surface area (Å²) >= 11 is 0. The molecule has 2 aliphatic rings. The Morgan fingerprint density at radius 1 is 0.304 bits per heavy atom. The highest BCUT2D eigenvalue weighted by Crippen LogP contribution is 2.52. The molecule has 0 aromatic heterocycles. The van der Waals surface area contributed by atoms with Crippen molar-refractivity contribution < 1.29 is 0 Å². The van der Waals surface area contributed by atoms with E-state index >= 15 is 0 Å². The van der Waals surface area contributed by atoms with Crippen LogP contribution in [0.2, 0.25) is 0 Å². The lowest BCUT2D eigenvalue weighted by Gasteiger charge is -2.28. The summed E-state index contributed by atoms with van der Waals surface area (Å²) in [4.78, 5) is 2.41. The van der Waals surface area contributed by atoms with Gasteiger partial charge in [-0.15, -0.1) is 0 Å². The molecule has 1 heteroatoms. The maximum atomic E-state index is 2.43. The molecule has 0 spiro atoms. The highest BCUT2D eigenvalue weighted by Gasteiger charge is 2.37. The second-order valence-electron chi connectivity index (χ2n) is 16.7. The number of anilines is 3. The molecule has 270 valence electrons. The number of hydrogen-bond acceptors (Lipinski definition) is 1. The van der Waals surface area contributed by atoms with Crippen LogP contribution in [0.5, 0.6) is 0 Å². The molecule has 10 rings (SSSR count). The van der Waals surface area contributed by atoms with Crippen molar-refractivity contribution >= 4 is 17.1 Å². The van der Waals surface area contributed by atoms with Crippen LogP contribution in [0, 0.1) is 6.92 Å². The van der Waals surface area contributed by atoms with E-state index in [0.717, 1.165) is 17.1 Å². The van der Waals surface area contributed by atoms with Gasteiger partial charge in [0.1, 0.15) is 0 Å². The number of rotatable bonds is 6. The predicted octanol–water partition coefficient (Wildman–Crippen LogP) is 15.1. The zero-order valence-electron chi connectivity index (χ0n) is 32.8. The van der Waals surface area contributed by atoms with Crippen molar-refractivity contribution in [1.29, 1.82) is 0 Å². The molecular formula is C55H45N. The highest BCUT2D eigenvalue weighted by molar-refractivity contribution is 5.88. The van der Waals surface area contributed by atoms with Gasteiger partial charge in [0, 0.05) is 27.9 Å². The first-order chi connectivity index (χ1) is 27.2. The van der Waals surface area contributed by atoms with Crippen LogP contribution < -0.4 is 4.90 Å². The zero-order valence-corrected chi connectivity index (χ0v) is 32.8. The summed E-state index contributed by atoms with van der Waals surface area (Å²) in [6.07, 6.45) is 0. The molecule has 0 fully saturated rings. The Labute approximate surface area is 331 Å². The van der Waals surface area contributed by atoms with Gasteiger partial charge in [-0.25, -0.2) is 0 Å². The monoisotopic (exact) mass is 719 g/mol. The minimum Gasteiger partial charge on any atom is -0.310 e. The lowest BCUT2D eigenvalue weighted by atomic mass is 9.81. The van der Waals surface area contributed by atoms with Crippen LogP contribution >= 0.6 is 0 Å². The van der Waals surface area contributed by atoms with Gasteiger partial charge >= 0.3 is 0 Å². The number of aryl methyl sites for hydroxylation is 1. The highest BCUT2D eigenvalue weighted by atomic mass is 15.1. The molecule has 1 nitrogen and oxygen atoms in total. The lowest BCUT2D eigenvalue weighted by molar-refractivity contribution is 0.660. The molecule has 0 N–H and O–H groups in total. The van der Waals surface area contributed by atoms with Crippen LogP contribution in [0.4, 0.5) is 17.1 Å². The minimum atomic E-state index is -0.163. The largest absolute Gasteiger partial charge is 0.310 e. The summed E-state index contributed by atoms with van der Waals surface area (Å²) in [6, 6.07) is 67.6. The van der Waals surface area contributed by atoms with E-state index in [1.807, 2.05) is 0 Å². The third-order valence-electron chi connectivity index (χ3n) is 12.5. The van der Waals surface area contributed by atoms with Gasteiger partial charge in [-0.1, -0.05) is 161 Å². The lowest BCUT2D eigenvalue weighted by Crippen LogP contribution is -2.16. The Hall–Kier alpha value is -6.44. The van der Waals surface area contributed by atoms with Gasteiger partial charge in [0.2, 0.25) is 0 Å². The fourth-order valence-electron chi connectivity index (χ4n) is 9.43. The van der Waals surface area contributed by atoms with Gasteiger partial charge in [0.05, 0.1) is 0 Å². The molecule has 0 amide bonds. The molecule has 0 radical (unpaired) electrons. The van der Waals surface area contributed by atoms with Crippen LogP contribution in [0.3, 0.4) is 0 Å². The van der Waals surface area contributed by atoms with E-state index in [1.165, 1.54) is 83.5 Å². The first-order valence-corrected chi connectivity index (χ1v) is 19.8. The topological polar surface area (TPSA) is 3.24 Å². The van der Waals surface area contributed by atoms with Crippen molar-refractivity contribution in [3.63, 3.8) is 0 Å². The van der Waals surface area contributed by atoms with Crippen molar-refractivity contribution in [3.8, 4) is 55.6 Å². The van der Waals surface area contributed by atoms with E-state index in [1.54, 1.807) is 0 Å². The summed E-state index contributed by atoms with van der Waals surface area (Å²) in [5.74, 6) is 0. The fourth-order valence-corrected chi connectivity index (χ4v) is 9.43. The van der Waals surface area contributed by atoms with E-state index in [4.69, 9.17) is 0 Å². The molecule has 0 saturated carbocycles. The minimum absolute atomic E-state index is 0.0272. The second-order valence-corrected chi connectivity index (χ2v) is 16.7. The quantitative estimate of drug-likeness (QED) is 0.165. The molecule has 56 heavy (non-hydrogen) atoms. The molecule has 0 heterocycles. The molecule has 8 aromatic carbocycles. The van der Waals surface area contributed by atoms with E-state index in [0.29, 0.717) is 0 Å².